The lowest BCUT2D eigenvalue weighted by Crippen LogP contribution is -2.47. The van der Waals surface area contributed by atoms with Crippen molar-refractivity contribution in [3.05, 3.63) is 40.8 Å². The van der Waals surface area contributed by atoms with Gasteiger partial charge >= 0.3 is 0 Å². The van der Waals surface area contributed by atoms with Crippen molar-refractivity contribution in [2.75, 3.05) is 0 Å². The molecule has 2 aromatic rings. The minimum absolute atomic E-state index is 0.0786. The molecule has 8 nitrogen and oxygen atoms in total. The van der Waals surface area contributed by atoms with Crippen molar-refractivity contribution in [1.29, 1.82) is 0 Å². The first-order valence-corrected chi connectivity index (χ1v) is 7.84. The topological polar surface area (TPSA) is 85.9 Å². The Labute approximate surface area is 132 Å². The van der Waals surface area contributed by atoms with Gasteiger partial charge < -0.3 is 4.90 Å². The zero-order chi connectivity index (χ0) is 16.0. The van der Waals surface area contributed by atoms with Crippen LogP contribution in [0.15, 0.2) is 29.6 Å². The Morgan fingerprint density at radius 1 is 1.17 bits per heavy atom. The Morgan fingerprint density at radius 2 is 1.91 bits per heavy atom. The predicted octanol–water partition coefficient (Wildman–Crippen LogP) is 0.380. The SMILES string of the molecule is Cn1nc(C(=O)N2C3CCC2CC(n2cncn2)C3)ccc1=O. The lowest BCUT2D eigenvalue weighted by Gasteiger charge is -2.38. The highest BCUT2D eigenvalue weighted by Gasteiger charge is 2.44. The second kappa shape index (κ2) is 5.29. The molecule has 0 spiro atoms. The molecule has 2 aliphatic heterocycles. The average Bonchev–Trinajstić information content (AvgIpc) is 3.16. The summed E-state index contributed by atoms with van der Waals surface area (Å²) in [5, 5.41) is 8.34. The Hall–Kier alpha value is -2.51. The minimum atomic E-state index is -0.214. The van der Waals surface area contributed by atoms with Crippen LogP contribution < -0.4 is 5.56 Å². The first kappa shape index (κ1) is 14.1. The Bertz CT molecular complexity index is 770. The van der Waals surface area contributed by atoms with E-state index in [4.69, 9.17) is 0 Å². The molecule has 4 rings (SSSR count). The first-order chi connectivity index (χ1) is 11.1. The van der Waals surface area contributed by atoms with Crippen molar-refractivity contribution in [2.24, 2.45) is 7.05 Å². The van der Waals surface area contributed by atoms with Gasteiger partial charge in [-0.15, -0.1) is 0 Å². The van der Waals surface area contributed by atoms with Crippen molar-refractivity contribution in [2.45, 2.75) is 43.8 Å². The van der Waals surface area contributed by atoms with E-state index in [1.165, 1.54) is 16.8 Å². The molecule has 0 saturated carbocycles. The highest BCUT2D eigenvalue weighted by molar-refractivity contribution is 5.92. The maximum Gasteiger partial charge on any atom is 0.274 e. The summed E-state index contributed by atoms with van der Waals surface area (Å²) >= 11 is 0. The summed E-state index contributed by atoms with van der Waals surface area (Å²) in [6, 6.07) is 3.62. The monoisotopic (exact) mass is 314 g/mol. The Balaban J connectivity index is 1.57. The van der Waals surface area contributed by atoms with Gasteiger partial charge in [-0.25, -0.2) is 14.3 Å². The second-order valence-electron chi connectivity index (χ2n) is 6.28. The number of hydrogen-bond acceptors (Lipinski definition) is 5. The number of piperidine rings is 1. The number of nitrogens with zero attached hydrogens (tertiary/aromatic N) is 6. The molecule has 2 unspecified atom stereocenters. The molecule has 0 aliphatic carbocycles. The van der Waals surface area contributed by atoms with E-state index < -0.39 is 0 Å². The summed E-state index contributed by atoms with van der Waals surface area (Å²) in [4.78, 5) is 30.3. The minimum Gasteiger partial charge on any atom is -0.331 e. The molecular weight excluding hydrogens is 296 g/mol. The molecular formula is C15H18N6O2. The average molecular weight is 314 g/mol. The van der Waals surface area contributed by atoms with E-state index in [0.717, 1.165) is 25.7 Å². The number of carbonyl (C=O) groups excluding carboxylic acids is 1. The van der Waals surface area contributed by atoms with Crippen molar-refractivity contribution in [3.8, 4) is 0 Å². The fourth-order valence-corrected chi connectivity index (χ4v) is 3.85. The van der Waals surface area contributed by atoms with E-state index in [2.05, 4.69) is 15.2 Å². The molecule has 23 heavy (non-hydrogen) atoms. The molecule has 2 saturated heterocycles. The molecule has 0 radical (unpaired) electrons. The van der Waals surface area contributed by atoms with E-state index >= 15 is 0 Å². The molecule has 2 bridgehead atoms. The van der Waals surface area contributed by atoms with Crippen LogP contribution in [0.25, 0.3) is 0 Å². The van der Waals surface area contributed by atoms with Gasteiger partial charge in [-0.1, -0.05) is 0 Å². The van der Waals surface area contributed by atoms with Crippen LogP contribution in [0.1, 0.15) is 42.2 Å². The predicted molar refractivity (Wildman–Crippen MR) is 80.8 cm³/mol. The third-order valence-corrected chi connectivity index (χ3v) is 4.93. The molecule has 0 N–H and O–H groups in total. The van der Waals surface area contributed by atoms with Gasteiger partial charge in [0.25, 0.3) is 11.5 Å². The van der Waals surface area contributed by atoms with Crippen LogP contribution in [0.5, 0.6) is 0 Å². The quantitative estimate of drug-likeness (QED) is 0.800. The number of fused-ring (bicyclic) bond motifs is 2. The van der Waals surface area contributed by atoms with Gasteiger partial charge in [-0.2, -0.15) is 10.2 Å². The zero-order valence-electron chi connectivity index (χ0n) is 12.9. The van der Waals surface area contributed by atoms with Crippen molar-refractivity contribution < 1.29 is 4.79 Å². The van der Waals surface area contributed by atoms with Gasteiger partial charge in [0.2, 0.25) is 0 Å². The van der Waals surface area contributed by atoms with Crippen LogP contribution in [0.4, 0.5) is 0 Å². The highest BCUT2D eigenvalue weighted by atomic mass is 16.2. The highest BCUT2D eigenvalue weighted by Crippen LogP contribution is 2.41. The molecule has 0 aromatic carbocycles. The van der Waals surface area contributed by atoms with Crippen LogP contribution in [0.2, 0.25) is 0 Å². The summed E-state index contributed by atoms with van der Waals surface area (Å²) in [6.07, 6.45) is 7.08. The van der Waals surface area contributed by atoms with Gasteiger partial charge in [-0.05, 0) is 31.7 Å². The molecule has 2 aromatic heterocycles. The Kier molecular flexibility index (Phi) is 3.24. The van der Waals surface area contributed by atoms with E-state index in [0.29, 0.717) is 11.7 Å². The molecule has 2 atom stereocenters. The maximum atomic E-state index is 12.8. The van der Waals surface area contributed by atoms with Gasteiger partial charge in [0.15, 0.2) is 0 Å². The van der Waals surface area contributed by atoms with Crippen LogP contribution in [0, 0.1) is 0 Å². The molecule has 120 valence electrons. The second-order valence-corrected chi connectivity index (χ2v) is 6.28. The number of hydrogen-bond donors (Lipinski definition) is 0. The van der Waals surface area contributed by atoms with Crippen LogP contribution >= 0.6 is 0 Å². The summed E-state index contributed by atoms with van der Waals surface area (Å²) in [7, 11) is 1.56. The summed E-state index contributed by atoms with van der Waals surface area (Å²) < 4.78 is 3.11. The number of aryl methyl sites for hydroxylation is 1. The van der Waals surface area contributed by atoms with Crippen molar-refractivity contribution in [3.63, 3.8) is 0 Å². The largest absolute Gasteiger partial charge is 0.331 e. The molecule has 2 fully saturated rings. The summed E-state index contributed by atoms with van der Waals surface area (Å²) in [5.41, 5.74) is 0.123. The molecule has 2 aliphatic rings. The number of rotatable bonds is 2. The lowest BCUT2D eigenvalue weighted by molar-refractivity contribution is 0.0515. The van der Waals surface area contributed by atoms with Crippen molar-refractivity contribution >= 4 is 5.91 Å². The van der Waals surface area contributed by atoms with Gasteiger partial charge in [0, 0.05) is 25.2 Å². The molecule has 1 amide bonds. The van der Waals surface area contributed by atoms with E-state index in [-0.39, 0.29) is 23.6 Å². The number of carbonyl (C=O) groups is 1. The van der Waals surface area contributed by atoms with Gasteiger partial charge in [-0.3, -0.25) is 9.59 Å². The normalized spacial score (nSPS) is 26.5. The van der Waals surface area contributed by atoms with E-state index in [1.807, 2.05) is 9.58 Å². The third-order valence-electron chi connectivity index (χ3n) is 4.93. The smallest absolute Gasteiger partial charge is 0.274 e. The molecule has 8 heteroatoms. The maximum absolute atomic E-state index is 12.8. The zero-order valence-corrected chi connectivity index (χ0v) is 12.9. The summed E-state index contributed by atoms with van der Waals surface area (Å²) in [6.45, 7) is 0. The fourth-order valence-electron chi connectivity index (χ4n) is 3.85. The summed E-state index contributed by atoms with van der Waals surface area (Å²) in [5.74, 6) is -0.0786. The molecule has 4 heterocycles. The van der Waals surface area contributed by atoms with Crippen LogP contribution in [-0.4, -0.2) is 47.4 Å². The number of amides is 1. The van der Waals surface area contributed by atoms with Crippen LogP contribution in [-0.2, 0) is 7.05 Å². The van der Waals surface area contributed by atoms with E-state index in [9.17, 15) is 9.59 Å². The van der Waals surface area contributed by atoms with Gasteiger partial charge in [0.1, 0.15) is 18.3 Å². The third kappa shape index (κ3) is 2.34. The Morgan fingerprint density at radius 3 is 2.52 bits per heavy atom. The van der Waals surface area contributed by atoms with Crippen LogP contribution in [0.3, 0.4) is 0 Å². The van der Waals surface area contributed by atoms with Crippen molar-refractivity contribution in [1.82, 2.24) is 29.4 Å². The first-order valence-electron chi connectivity index (χ1n) is 7.84. The van der Waals surface area contributed by atoms with E-state index in [1.54, 1.807) is 19.7 Å². The fraction of sp³-hybridized carbons (Fsp3) is 0.533. The van der Waals surface area contributed by atoms with Gasteiger partial charge in [0.05, 0.1) is 6.04 Å². The number of aromatic nitrogens is 5. The lowest BCUT2D eigenvalue weighted by atomic mass is 9.97. The standard InChI is InChI=1S/C15H18N6O2/c1-19-14(22)5-4-13(18-19)15(23)21-10-2-3-11(21)7-12(6-10)20-9-16-8-17-20/h4-5,8-12H,2-3,6-7H2,1H3.